The van der Waals surface area contributed by atoms with Crippen molar-refractivity contribution in [1.29, 1.82) is 0 Å². The second-order valence-electron chi connectivity index (χ2n) is 8.84. The third-order valence-electron chi connectivity index (χ3n) is 6.68. The molecular formula is C27H22N8O2. The molecule has 0 spiro atoms. The highest BCUT2D eigenvalue weighted by Crippen LogP contribution is 2.32. The Hall–Kier alpha value is -5.17. The van der Waals surface area contributed by atoms with Gasteiger partial charge in [-0.2, -0.15) is 0 Å². The minimum absolute atomic E-state index is 0.100. The van der Waals surface area contributed by atoms with Gasteiger partial charge in [-0.3, -0.25) is 14.6 Å². The van der Waals surface area contributed by atoms with Crippen molar-refractivity contribution in [3.05, 3.63) is 88.1 Å². The molecule has 1 amide bonds. The fourth-order valence-corrected chi connectivity index (χ4v) is 4.75. The number of fused-ring (bicyclic) bond motifs is 2. The number of carbonyl (C=O) groups excluding carboxylic acids is 1. The van der Waals surface area contributed by atoms with E-state index in [1.165, 1.54) is 0 Å². The van der Waals surface area contributed by atoms with E-state index in [0.29, 0.717) is 76.6 Å². The fourth-order valence-electron chi connectivity index (χ4n) is 4.75. The van der Waals surface area contributed by atoms with E-state index in [0.717, 1.165) is 0 Å². The van der Waals surface area contributed by atoms with E-state index in [2.05, 4.69) is 24.8 Å². The number of hydrogen-bond donors (Lipinski definition) is 3. The van der Waals surface area contributed by atoms with Crippen LogP contribution in [0.4, 0.5) is 17.2 Å². The van der Waals surface area contributed by atoms with Crippen LogP contribution >= 0.6 is 0 Å². The van der Waals surface area contributed by atoms with Gasteiger partial charge in [-0.15, -0.1) is 0 Å². The van der Waals surface area contributed by atoms with Crippen LogP contribution in [-0.2, 0) is 0 Å². The lowest BCUT2D eigenvalue weighted by atomic mass is 10.1. The summed E-state index contributed by atoms with van der Waals surface area (Å²) in [5, 5.41) is 0.657. The first kappa shape index (κ1) is 22.3. The van der Waals surface area contributed by atoms with E-state index >= 15 is 0 Å². The van der Waals surface area contributed by atoms with Crippen molar-refractivity contribution in [2.24, 2.45) is 0 Å². The van der Waals surface area contributed by atoms with Crippen molar-refractivity contribution in [1.82, 2.24) is 24.8 Å². The Labute approximate surface area is 211 Å². The highest BCUT2D eigenvalue weighted by atomic mass is 16.2. The zero-order chi connectivity index (χ0) is 25.5. The van der Waals surface area contributed by atoms with Crippen LogP contribution in [0.5, 0.6) is 0 Å². The maximum Gasteiger partial charge on any atom is 0.276 e. The number of aromatic nitrogens is 4. The minimum Gasteiger partial charge on any atom is -0.396 e. The number of amides is 1. The molecule has 4 N–H and O–H groups in total. The number of piperazine rings is 1. The Morgan fingerprint density at radius 3 is 2.62 bits per heavy atom. The summed E-state index contributed by atoms with van der Waals surface area (Å²) in [5.41, 5.74) is 10.1. The van der Waals surface area contributed by atoms with Gasteiger partial charge in [0, 0.05) is 48.8 Å². The molecular weight excluding hydrogens is 468 g/mol. The quantitative estimate of drug-likeness (QED) is 0.332. The van der Waals surface area contributed by atoms with Gasteiger partial charge in [-0.25, -0.2) is 9.83 Å². The molecule has 10 nitrogen and oxygen atoms in total. The summed E-state index contributed by atoms with van der Waals surface area (Å²) in [7, 11) is 0. The van der Waals surface area contributed by atoms with Gasteiger partial charge in [0.05, 0.1) is 29.0 Å². The van der Waals surface area contributed by atoms with Crippen LogP contribution in [0.1, 0.15) is 10.4 Å². The number of carbonyl (C=O) groups is 1. The maximum atomic E-state index is 13.3. The number of aromatic amines is 2. The van der Waals surface area contributed by atoms with Crippen LogP contribution in [0.15, 0.2) is 65.6 Å². The summed E-state index contributed by atoms with van der Waals surface area (Å²) in [5.74, 6) is 0.549. The molecule has 182 valence electrons. The van der Waals surface area contributed by atoms with E-state index in [1.54, 1.807) is 47.5 Å². The number of nitrogen functional groups attached to an aromatic ring is 1. The Balaban J connectivity index is 1.26. The van der Waals surface area contributed by atoms with Gasteiger partial charge in [-0.1, -0.05) is 24.3 Å². The third kappa shape index (κ3) is 3.83. The lowest BCUT2D eigenvalue weighted by molar-refractivity contribution is 0.0747. The molecule has 1 aliphatic rings. The number of para-hydroxylation sites is 2. The second-order valence-corrected chi connectivity index (χ2v) is 8.84. The molecule has 6 rings (SSSR count). The van der Waals surface area contributed by atoms with Gasteiger partial charge in [0.15, 0.2) is 5.69 Å². The monoisotopic (exact) mass is 490 g/mol. The maximum absolute atomic E-state index is 13.3. The summed E-state index contributed by atoms with van der Waals surface area (Å²) >= 11 is 0. The van der Waals surface area contributed by atoms with Gasteiger partial charge < -0.3 is 25.5 Å². The molecule has 0 aliphatic carbocycles. The van der Waals surface area contributed by atoms with E-state index in [-0.39, 0.29) is 17.2 Å². The highest BCUT2D eigenvalue weighted by molar-refractivity contribution is 6.04. The van der Waals surface area contributed by atoms with Gasteiger partial charge in [0.2, 0.25) is 5.69 Å². The number of benzene rings is 2. The fraction of sp³-hybridized carbons (Fsp3) is 0.148. The SMILES string of the molecule is [C-]#[N+]c1cccnc1N1CCN(C(=O)c2ccc3[nH]c(-c4nc5ccccc5[nH]c4=O)c(N)c3c2)CC1. The first-order valence-electron chi connectivity index (χ1n) is 11.8. The molecule has 1 aliphatic heterocycles. The number of hydrogen-bond acceptors (Lipinski definition) is 6. The van der Waals surface area contributed by atoms with Crippen molar-refractivity contribution < 1.29 is 4.79 Å². The van der Waals surface area contributed by atoms with Crippen LogP contribution in [0, 0.1) is 6.57 Å². The van der Waals surface area contributed by atoms with Crippen LogP contribution in [0.3, 0.4) is 0 Å². The molecule has 3 aromatic heterocycles. The molecule has 5 aromatic rings. The molecule has 10 heteroatoms. The number of nitrogens with two attached hydrogens (primary N) is 1. The topological polar surface area (TPSA) is 128 Å². The lowest BCUT2D eigenvalue weighted by Gasteiger charge is -2.36. The lowest BCUT2D eigenvalue weighted by Crippen LogP contribution is -2.49. The molecule has 0 radical (unpaired) electrons. The largest absolute Gasteiger partial charge is 0.396 e. The molecule has 37 heavy (non-hydrogen) atoms. The molecule has 1 fully saturated rings. The normalized spacial score (nSPS) is 13.7. The molecule has 0 bridgehead atoms. The zero-order valence-electron chi connectivity index (χ0n) is 19.7. The number of rotatable bonds is 3. The van der Waals surface area contributed by atoms with E-state index in [9.17, 15) is 9.59 Å². The standard InChI is InChI=1S/C27H22N8O2/c1-29-21-7-4-10-30-25(21)34-11-13-35(14-12-34)27(37)16-8-9-18-17(15-16)22(28)23(31-18)24-26(36)33-20-6-3-2-5-19(20)32-24/h2-10,15,31H,11-14,28H2,(H,33,36). The summed E-state index contributed by atoms with van der Waals surface area (Å²) in [6.45, 7) is 9.55. The first-order valence-corrected chi connectivity index (χ1v) is 11.8. The molecule has 1 saturated heterocycles. The Morgan fingerprint density at radius 2 is 1.81 bits per heavy atom. The van der Waals surface area contributed by atoms with Crippen molar-refractivity contribution in [3.63, 3.8) is 0 Å². The third-order valence-corrected chi connectivity index (χ3v) is 6.68. The Kier molecular flexibility index (Phi) is 5.31. The molecule has 2 aromatic carbocycles. The van der Waals surface area contributed by atoms with Gasteiger partial charge in [-0.05, 0) is 30.3 Å². The molecule has 0 atom stereocenters. The summed E-state index contributed by atoms with van der Waals surface area (Å²) in [4.78, 5) is 48.3. The molecule has 4 heterocycles. The summed E-state index contributed by atoms with van der Waals surface area (Å²) in [6.07, 6.45) is 1.67. The van der Waals surface area contributed by atoms with Crippen molar-refractivity contribution in [2.45, 2.75) is 0 Å². The first-order chi connectivity index (χ1) is 18.0. The number of anilines is 2. The van der Waals surface area contributed by atoms with Crippen molar-refractivity contribution >= 4 is 45.0 Å². The van der Waals surface area contributed by atoms with Crippen LogP contribution in [-0.4, -0.2) is 56.9 Å². The second kappa shape index (κ2) is 8.80. The van der Waals surface area contributed by atoms with Gasteiger partial charge in [0.25, 0.3) is 11.5 Å². The average Bonchev–Trinajstić information content (AvgIpc) is 3.27. The van der Waals surface area contributed by atoms with E-state index < -0.39 is 0 Å². The zero-order valence-corrected chi connectivity index (χ0v) is 19.7. The van der Waals surface area contributed by atoms with E-state index in [1.807, 2.05) is 23.1 Å². The van der Waals surface area contributed by atoms with Crippen molar-refractivity contribution in [2.75, 3.05) is 36.8 Å². The Bertz CT molecular complexity index is 1770. The molecule has 0 unspecified atom stereocenters. The van der Waals surface area contributed by atoms with Crippen molar-refractivity contribution in [3.8, 4) is 11.4 Å². The minimum atomic E-state index is -0.347. The van der Waals surface area contributed by atoms with Crippen LogP contribution < -0.4 is 16.2 Å². The Morgan fingerprint density at radius 1 is 1.00 bits per heavy atom. The highest BCUT2D eigenvalue weighted by Gasteiger charge is 2.25. The average molecular weight is 491 g/mol. The predicted molar refractivity (Wildman–Crippen MR) is 143 cm³/mol. The molecule has 0 saturated carbocycles. The van der Waals surface area contributed by atoms with Gasteiger partial charge in [0.1, 0.15) is 5.82 Å². The van der Waals surface area contributed by atoms with Crippen LogP contribution in [0.25, 0.3) is 38.2 Å². The number of H-pyrrole nitrogens is 2. The smallest absolute Gasteiger partial charge is 0.276 e. The summed E-state index contributed by atoms with van der Waals surface area (Å²) < 4.78 is 0. The van der Waals surface area contributed by atoms with Gasteiger partial charge >= 0.3 is 0 Å². The van der Waals surface area contributed by atoms with E-state index in [4.69, 9.17) is 12.3 Å². The van der Waals surface area contributed by atoms with Crippen LogP contribution in [0.2, 0.25) is 0 Å². The number of nitrogens with one attached hydrogen (secondary N) is 2. The number of pyridine rings is 1. The predicted octanol–water partition coefficient (Wildman–Crippen LogP) is 3.56. The summed E-state index contributed by atoms with van der Waals surface area (Å²) in [6, 6.07) is 16.1. The number of nitrogens with zero attached hydrogens (tertiary/aromatic N) is 5.